The van der Waals surface area contributed by atoms with Crippen LogP contribution in [-0.2, 0) is 9.53 Å². The number of hydrogen-bond donors (Lipinski definition) is 3. The van der Waals surface area contributed by atoms with Gasteiger partial charge in [-0.1, -0.05) is 0 Å². The lowest BCUT2D eigenvalue weighted by Gasteiger charge is -2.17. The van der Waals surface area contributed by atoms with Gasteiger partial charge in [-0.25, -0.2) is 0 Å². The van der Waals surface area contributed by atoms with Gasteiger partial charge in [0.1, 0.15) is 6.10 Å². The summed E-state index contributed by atoms with van der Waals surface area (Å²) < 4.78 is 4.69. The monoisotopic (exact) mass is 254 g/mol. The molecule has 100 valence electrons. The molecule has 0 radical (unpaired) electrons. The Balaban J connectivity index is 2.70. The molecular weight excluding hydrogens is 236 g/mol. The quantitative estimate of drug-likeness (QED) is 0.653. The van der Waals surface area contributed by atoms with Gasteiger partial charge in [0, 0.05) is 0 Å². The summed E-state index contributed by atoms with van der Waals surface area (Å²) in [6.45, 7) is 3.68. The van der Waals surface area contributed by atoms with Crippen LogP contribution in [0.15, 0.2) is 12.3 Å². The Bertz CT molecular complexity index is 423. The number of esters is 1. The van der Waals surface area contributed by atoms with Crippen LogP contribution in [0.4, 0.5) is 5.69 Å². The zero-order chi connectivity index (χ0) is 13.7. The average Bonchev–Trinajstić information content (AvgIpc) is 2.32. The topological polar surface area (TPSA) is 106 Å². The number of aliphatic hydroxyl groups is 2. The number of rotatable bonds is 5. The number of aryl methyl sites for hydroxylation is 1. The number of nitrogens with zero attached hydrogens (tertiary/aromatic N) is 1. The number of aromatic nitrogens is 1. The van der Waals surface area contributed by atoms with E-state index in [4.69, 9.17) is 10.5 Å². The van der Waals surface area contributed by atoms with Gasteiger partial charge in [-0.2, -0.15) is 0 Å². The largest absolute Gasteiger partial charge is 0.466 e. The van der Waals surface area contributed by atoms with Gasteiger partial charge in [-0.3, -0.25) is 9.78 Å². The lowest BCUT2D eigenvalue weighted by atomic mass is 10.1. The molecule has 0 aliphatic heterocycles. The van der Waals surface area contributed by atoms with Crippen LogP contribution < -0.4 is 5.73 Å². The standard InChI is InChI=1S/C12H18N2O4/c1-3-18-11(16)5-10(15)12(17)9-4-7(2)8(13)6-14-9/h4,6,10,12,15,17H,3,5,13H2,1-2H3. The van der Waals surface area contributed by atoms with E-state index in [1.54, 1.807) is 19.9 Å². The van der Waals surface area contributed by atoms with Crippen LogP contribution in [0.2, 0.25) is 0 Å². The first-order valence-corrected chi connectivity index (χ1v) is 5.69. The molecular formula is C12H18N2O4. The molecule has 2 unspecified atom stereocenters. The number of carbonyl (C=O) groups excluding carboxylic acids is 1. The van der Waals surface area contributed by atoms with Crippen molar-refractivity contribution in [1.29, 1.82) is 0 Å². The van der Waals surface area contributed by atoms with Crippen LogP contribution in [0.1, 0.15) is 30.7 Å². The van der Waals surface area contributed by atoms with Gasteiger partial charge in [0.05, 0.1) is 36.7 Å². The Morgan fingerprint density at radius 1 is 1.56 bits per heavy atom. The Hall–Kier alpha value is -1.66. The first-order chi connectivity index (χ1) is 8.45. The number of nitrogen functional groups attached to an aromatic ring is 1. The third-order valence-corrected chi connectivity index (χ3v) is 2.52. The van der Waals surface area contributed by atoms with E-state index in [1.807, 2.05) is 0 Å². The molecule has 6 nitrogen and oxygen atoms in total. The molecule has 0 amide bonds. The average molecular weight is 254 g/mol. The van der Waals surface area contributed by atoms with Crippen molar-refractivity contribution < 1.29 is 19.7 Å². The summed E-state index contributed by atoms with van der Waals surface area (Å²) in [7, 11) is 0. The molecule has 0 saturated heterocycles. The number of hydrogen-bond acceptors (Lipinski definition) is 6. The molecule has 1 aromatic rings. The summed E-state index contributed by atoms with van der Waals surface area (Å²) in [5.41, 5.74) is 7.14. The summed E-state index contributed by atoms with van der Waals surface area (Å²) in [4.78, 5) is 15.1. The molecule has 0 fully saturated rings. The number of nitrogens with two attached hydrogens (primary N) is 1. The molecule has 2 atom stereocenters. The van der Waals surface area contributed by atoms with Crippen molar-refractivity contribution in [3.63, 3.8) is 0 Å². The molecule has 0 spiro atoms. The number of aliphatic hydroxyl groups excluding tert-OH is 2. The van der Waals surface area contributed by atoms with Crippen LogP contribution in [0.5, 0.6) is 0 Å². The van der Waals surface area contributed by atoms with Gasteiger partial charge >= 0.3 is 5.97 Å². The smallest absolute Gasteiger partial charge is 0.308 e. The van der Waals surface area contributed by atoms with Gasteiger partial charge in [0.25, 0.3) is 0 Å². The first kappa shape index (κ1) is 14.4. The van der Waals surface area contributed by atoms with Crippen LogP contribution in [-0.4, -0.2) is 33.9 Å². The van der Waals surface area contributed by atoms with E-state index in [0.717, 1.165) is 5.56 Å². The lowest BCUT2D eigenvalue weighted by molar-refractivity contribution is -0.147. The highest BCUT2D eigenvalue weighted by Crippen LogP contribution is 2.20. The molecule has 0 saturated carbocycles. The van der Waals surface area contributed by atoms with Crippen molar-refractivity contribution in [3.05, 3.63) is 23.5 Å². The predicted octanol–water partition coefficient (Wildman–Crippen LogP) is 0.320. The van der Waals surface area contributed by atoms with E-state index < -0.39 is 18.2 Å². The summed E-state index contributed by atoms with van der Waals surface area (Å²) in [6, 6.07) is 1.58. The Kier molecular flexibility index (Phi) is 5.06. The lowest BCUT2D eigenvalue weighted by Crippen LogP contribution is -2.24. The number of carbonyl (C=O) groups is 1. The minimum atomic E-state index is -1.25. The Morgan fingerprint density at radius 3 is 2.78 bits per heavy atom. The second kappa shape index (κ2) is 6.32. The third kappa shape index (κ3) is 3.68. The van der Waals surface area contributed by atoms with Crippen LogP contribution in [0, 0.1) is 6.92 Å². The van der Waals surface area contributed by atoms with Crippen LogP contribution >= 0.6 is 0 Å². The summed E-state index contributed by atoms with van der Waals surface area (Å²) in [5, 5.41) is 19.6. The normalized spacial score (nSPS) is 14.0. The minimum absolute atomic E-state index is 0.237. The third-order valence-electron chi connectivity index (χ3n) is 2.52. The summed E-state index contributed by atoms with van der Waals surface area (Å²) in [5.74, 6) is -0.559. The molecule has 0 aliphatic rings. The van der Waals surface area contributed by atoms with Crippen LogP contribution in [0.25, 0.3) is 0 Å². The molecule has 0 aromatic carbocycles. The Morgan fingerprint density at radius 2 is 2.22 bits per heavy atom. The second-order valence-corrected chi connectivity index (χ2v) is 3.99. The molecule has 1 heterocycles. The van der Waals surface area contributed by atoms with Gasteiger partial charge in [0.2, 0.25) is 0 Å². The second-order valence-electron chi connectivity index (χ2n) is 3.99. The first-order valence-electron chi connectivity index (χ1n) is 5.69. The molecule has 0 aliphatic carbocycles. The number of anilines is 1. The van der Waals surface area contributed by atoms with E-state index in [-0.39, 0.29) is 18.7 Å². The van der Waals surface area contributed by atoms with Gasteiger partial charge < -0.3 is 20.7 Å². The zero-order valence-corrected chi connectivity index (χ0v) is 10.5. The van der Waals surface area contributed by atoms with E-state index in [2.05, 4.69) is 4.98 Å². The highest BCUT2D eigenvalue weighted by molar-refractivity contribution is 5.70. The Labute approximate surface area is 105 Å². The fourth-order valence-corrected chi connectivity index (χ4v) is 1.45. The van der Waals surface area contributed by atoms with Gasteiger partial charge in [-0.05, 0) is 25.5 Å². The summed E-state index contributed by atoms with van der Waals surface area (Å²) >= 11 is 0. The number of pyridine rings is 1. The maximum absolute atomic E-state index is 11.2. The molecule has 6 heteroatoms. The van der Waals surface area contributed by atoms with E-state index in [9.17, 15) is 15.0 Å². The van der Waals surface area contributed by atoms with Crippen LogP contribution in [0.3, 0.4) is 0 Å². The summed E-state index contributed by atoms with van der Waals surface area (Å²) in [6.07, 6.45) is -1.36. The van der Waals surface area contributed by atoms with Crippen molar-refractivity contribution in [3.8, 4) is 0 Å². The van der Waals surface area contributed by atoms with Crippen molar-refractivity contribution in [1.82, 2.24) is 4.98 Å². The molecule has 1 rings (SSSR count). The molecule has 1 aromatic heterocycles. The van der Waals surface area contributed by atoms with E-state index in [0.29, 0.717) is 5.69 Å². The van der Waals surface area contributed by atoms with Crippen molar-refractivity contribution in [2.75, 3.05) is 12.3 Å². The molecule has 4 N–H and O–H groups in total. The fraction of sp³-hybridized carbons (Fsp3) is 0.500. The predicted molar refractivity (Wildman–Crippen MR) is 65.6 cm³/mol. The number of ether oxygens (including phenoxy) is 1. The minimum Gasteiger partial charge on any atom is -0.466 e. The highest BCUT2D eigenvalue weighted by atomic mass is 16.5. The molecule has 0 bridgehead atoms. The fourth-order valence-electron chi connectivity index (χ4n) is 1.45. The zero-order valence-electron chi connectivity index (χ0n) is 10.5. The maximum Gasteiger partial charge on any atom is 0.308 e. The highest BCUT2D eigenvalue weighted by Gasteiger charge is 2.23. The van der Waals surface area contributed by atoms with E-state index >= 15 is 0 Å². The molecule has 18 heavy (non-hydrogen) atoms. The van der Waals surface area contributed by atoms with Gasteiger partial charge in [-0.15, -0.1) is 0 Å². The maximum atomic E-state index is 11.2. The SMILES string of the molecule is CCOC(=O)CC(O)C(O)c1cc(C)c(N)cn1. The van der Waals surface area contributed by atoms with Crippen molar-refractivity contribution >= 4 is 11.7 Å². The van der Waals surface area contributed by atoms with Crippen molar-refractivity contribution in [2.24, 2.45) is 0 Å². The van der Waals surface area contributed by atoms with Gasteiger partial charge in [0.15, 0.2) is 0 Å². The van der Waals surface area contributed by atoms with E-state index in [1.165, 1.54) is 6.20 Å². The van der Waals surface area contributed by atoms with Crippen molar-refractivity contribution in [2.45, 2.75) is 32.5 Å².